The molecule has 0 spiro atoms. The molecule has 2 atom stereocenters. The van der Waals surface area contributed by atoms with Gasteiger partial charge >= 0.3 is 0 Å². The molecular formula is C17H27NO3. The molecule has 2 unspecified atom stereocenters. The molecule has 1 aliphatic carbocycles. The SMILES string of the molecule is COCCOc1ccc(CNC2CCCCC2CO)cc1. The van der Waals surface area contributed by atoms with Crippen molar-refractivity contribution >= 4 is 0 Å². The molecule has 0 saturated heterocycles. The molecule has 0 aliphatic heterocycles. The molecule has 1 aromatic rings. The number of methoxy groups -OCH3 is 1. The minimum atomic E-state index is 0.296. The first-order valence-corrected chi connectivity index (χ1v) is 7.88. The van der Waals surface area contributed by atoms with E-state index in [1.165, 1.54) is 24.8 Å². The summed E-state index contributed by atoms with van der Waals surface area (Å²) in [6, 6.07) is 8.62. The number of aliphatic hydroxyl groups is 1. The van der Waals surface area contributed by atoms with Crippen molar-refractivity contribution in [3.05, 3.63) is 29.8 Å². The van der Waals surface area contributed by atoms with Crippen LogP contribution in [0.1, 0.15) is 31.2 Å². The van der Waals surface area contributed by atoms with Crippen LogP contribution in [-0.2, 0) is 11.3 Å². The summed E-state index contributed by atoms with van der Waals surface area (Å²) in [4.78, 5) is 0. The van der Waals surface area contributed by atoms with E-state index in [-0.39, 0.29) is 0 Å². The standard InChI is InChI=1S/C17H27NO3/c1-20-10-11-21-16-8-6-14(7-9-16)12-18-17-5-3-2-4-15(17)13-19/h6-9,15,17-19H,2-5,10-13H2,1H3. The van der Waals surface area contributed by atoms with Gasteiger partial charge in [-0.3, -0.25) is 0 Å². The van der Waals surface area contributed by atoms with Crippen molar-refractivity contribution in [3.8, 4) is 5.75 Å². The van der Waals surface area contributed by atoms with Crippen molar-refractivity contribution in [2.75, 3.05) is 26.9 Å². The predicted molar refractivity (Wildman–Crippen MR) is 83.5 cm³/mol. The summed E-state index contributed by atoms with van der Waals surface area (Å²) in [5.41, 5.74) is 1.25. The van der Waals surface area contributed by atoms with Gasteiger partial charge in [-0.1, -0.05) is 25.0 Å². The van der Waals surface area contributed by atoms with Gasteiger partial charge in [-0.25, -0.2) is 0 Å². The average molecular weight is 293 g/mol. The highest BCUT2D eigenvalue weighted by atomic mass is 16.5. The second-order valence-electron chi connectivity index (χ2n) is 5.70. The summed E-state index contributed by atoms with van der Waals surface area (Å²) in [5.74, 6) is 1.29. The van der Waals surface area contributed by atoms with Gasteiger partial charge in [-0.2, -0.15) is 0 Å². The first-order chi connectivity index (χ1) is 10.3. The van der Waals surface area contributed by atoms with E-state index in [0.29, 0.717) is 31.8 Å². The number of ether oxygens (including phenoxy) is 2. The Balaban J connectivity index is 1.77. The molecule has 2 N–H and O–H groups in total. The third kappa shape index (κ3) is 5.30. The Morgan fingerprint density at radius 1 is 1.14 bits per heavy atom. The van der Waals surface area contributed by atoms with E-state index in [0.717, 1.165) is 18.7 Å². The summed E-state index contributed by atoms with van der Waals surface area (Å²) in [5, 5.41) is 13.0. The lowest BCUT2D eigenvalue weighted by atomic mass is 9.85. The minimum Gasteiger partial charge on any atom is -0.491 e. The quantitative estimate of drug-likeness (QED) is 0.722. The smallest absolute Gasteiger partial charge is 0.119 e. The van der Waals surface area contributed by atoms with E-state index in [9.17, 15) is 5.11 Å². The van der Waals surface area contributed by atoms with Gasteiger partial charge in [0.2, 0.25) is 0 Å². The van der Waals surface area contributed by atoms with Crippen LogP contribution in [0.5, 0.6) is 5.75 Å². The highest BCUT2D eigenvalue weighted by Crippen LogP contribution is 2.24. The third-order valence-electron chi connectivity index (χ3n) is 4.19. The van der Waals surface area contributed by atoms with E-state index in [1.54, 1.807) is 7.11 Å². The highest BCUT2D eigenvalue weighted by molar-refractivity contribution is 5.27. The van der Waals surface area contributed by atoms with Gasteiger partial charge in [0, 0.05) is 26.3 Å². The van der Waals surface area contributed by atoms with Crippen LogP contribution < -0.4 is 10.1 Å². The first-order valence-electron chi connectivity index (χ1n) is 7.88. The van der Waals surface area contributed by atoms with E-state index < -0.39 is 0 Å². The lowest BCUT2D eigenvalue weighted by Crippen LogP contribution is -2.39. The molecular weight excluding hydrogens is 266 g/mol. The van der Waals surface area contributed by atoms with Gasteiger partial charge in [0.1, 0.15) is 12.4 Å². The van der Waals surface area contributed by atoms with Crippen molar-refractivity contribution < 1.29 is 14.6 Å². The summed E-state index contributed by atoms with van der Waals surface area (Å²) in [7, 11) is 1.67. The third-order valence-corrected chi connectivity index (χ3v) is 4.19. The fourth-order valence-corrected chi connectivity index (χ4v) is 2.89. The highest BCUT2D eigenvalue weighted by Gasteiger charge is 2.23. The fourth-order valence-electron chi connectivity index (χ4n) is 2.89. The van der Waals surface area contributed by atoms with Crippen molar-refractivity contribution in [3.63, 3.8) is 0 Å². The average Bonchev–Trinajstić information content (AvgIpc) is 2.54. The molecule has 21 heavy (non-hydrogen) atoms. The lowest BCUT2D eigenvalue weighted by molar-refractivity contribution is 0.146. The molecule has 0 amide bonds. The maximum Gasteiger partial charge on any atom is 0.119 e. The number of nitrogens with one attached hydrogen (secondary N) is 1. The zero-order valence-electron chi connectivity index (χ0n) is 12.9. The summed E-state index contributed by atoms with van der Waals surface area (Å²) >= 11 is 0. The molecule has 0 aromatic heterocycles. The first kappa shape index (κ1) is 16.3. The number of aliphatic hydroxyl groups excluding tert-OH is 1. The maximum absolute atomic E-state index is 9.43. The lowest BCUT2D eigenvalue weighted by Gasteiger charge is -2.31. The molecule has 1 aliphatic rings. The van der Waals surface area contributed by atoms with Gasteiger partial charge in [0.25, 0.3) is 0 Å². The molecule has 4 nitrogen and oxygen atoms in total. The summed E-state index contributed by atoms with van der Waals surface area (Å²) in [6.45, 7) is 2.32. The normalized spacial score (nSPS) is 22.2. The number of rotatable bonds is 8. The van der Waals surface area contributed by atoms with Crippen LogP contribution in [0.2, 0.25) is 0 Å². The molecule has 4 heteroatoms. The molecule has 2 rings (SSSR count). The monoisotopic (exact) mass is 293 g/mol. The van der Waals surface area contributed by atoms with E-state index in [4.69, 9.17) is 9.47 Å². The van der Waals surface area contributed by atoms with Crippen LogP contribution >= 0.6 is 0 Å². The molecule has 0 bridgehead atoms. The van der Waals surface area contributed by atoms with Crippen LogP contribution in [-0.4, -0.2) is 38.1 Å². The molecule has 1 fully saturated rings. The van der Waals surface area contributed by atoms with Crippen molar-refractivity contribution in [1.29, 1.82) is 0 Å². The van der Waals surface area contributed by atoms with E-state index in [1.807, 2.05) is 12.1 Å². The van der Waals surface area contributed by atoms with E-state index >= 15 is 0 Å². The largest absolute Gasteiger partial charge is 0.491 e. The Morgan fingerprint density at radius 2 is 1.90 bits per heavy atom. The van der Waals surface area contributed by atoms with Gasteiger partial charge < -0.3 is 19.9 Å². The van der Waals surface area contributed by atoms with Crippen LogP contribution in [0.4, 0.5) is 0 Å². The second kappa shape index (κ2) is 9.03. The zero-order chi connectivity index (χ0) is 14.9. The molecule has 0 heterocycles. The molecule has 1 saturated carbocycles. The van der Waals surface area contributed by atoms with Crippen LogP contribution in [0.15, 0.2) is 24.3 Å². The number of hydrogen-bond donors (Lipinski definition) is 2. The molecule has 118 valence electrons. The second-order valence-corrected chi connectivity index (χ2v) is 5.70. The van der Waals surface area contributed by atoms with Crippen LogP contribution in [0.3, 0.4) is 0 Å². The minimum absolute atomic E-state index is 0.296. The topological polar surface area (TPSA) is 50.7 Å². The summed E-state index contributed by atoms with van der Waals surface area (Å²) < 4.78 is 10.5. The molecule has 1 aromatic carbocycles. The van der Waals surface area contributed by atoms with Crippen molar-refractivity contribution in [1.82, 2.24) is 5.32 Å². The zero-order valence-corrected chi connectivity index (χ0v) is 12.9. The van der Waals surface area contributed by atoms with Gasteiger partial charge in [0.05, 0.1) is 6.61 Å². The van der Waals surface area contributed by atoms with Gasteiger partial charge in [-0.05, 0) is 36.5 Å². The Hall–Kier alpha value is -1.10. The van der Waals surface area contributed by atoms with E-state index in [2.05, 4.69) is 17.4 Å². The van der Waals surface area contributed by atoms with Crippen LogP contribution in [0.25, 0.3) is 0 Å². The number of benzene rings is 1. The van der Waals surface area contributed by atoms with Gasteiger partial charge in [-0.15, -0.1) is 0 Å². The maximum atomic E-state index is 9.43. The van der Waals surface area contributed by atoms with Crippen molar-refractivity contribution in [2.24, 2.45) is 5.92 Å². The Morgan fingerprint density at radius 3 is 2.62 bits per heavy atom. The predicted octanol–water partition coefficient (Wildman–Crippen LogP) is 2.35. The van der Waals surface area contributed by atoms with Gasteiger partial charge in [0.15, 0.2) is 0 Å². The van der Waals surface area contributed by atoms with Crippen molar-refractivity contribution in [2.45, 2.75) is 38.3 Å². The summed E-state index contributed by atoms with van der Waals surface area (Å²) in [6.07, 6.45) is 4.82. The fraction of sp³-hybridized carbons (Fsp3) is 0.647. The Bertz CT molecular complexity index is 394. The Labute approximate surface area is 127 Å². The molecule has 0 radical (unpaired) electrons. The van der Waals surface area contributed by atoms with Crippen LogP contribution in [0, 0.1) is 5.92 Å². The Kier molecular flexibility index (Phi) is 7.00. The number of hydrogen-bond acceptors (Lipinski definition) is 4.